The van der Waals surface area contributed by atoms with Crippen LogP contribution in [0.25, 0.3) is 0 Å². The van der Waals surface area contributed by atoms with Crippen LogP contribution in [0.5, 0.6) is 0 Å². The van der Waals surface area contributed by atoms with E-state index in [1.807, 2.05) is 33.3 Å². The van der Waals surface area contributed by atoms with Gasteiger partial charge in [0, 0.05) is 12.8 Å². The van der Waals surface area contributed by atoms with Gasteiger partial charge in [0.05, 0.1) is 33.8 Å². The molecule has 0 saturated carbocycles. The van der Waals surface area contributed by atoms with Gasteiger partial charge in [0.15, 0.2) is 0 Å². The molecule has 3 atom stereocenters. The molecule has 0 aliphatic carbocycles. The van der Waals surface area contributed by atoms with Crippen LogP contribution in [0, 0.1) is 0 Å². The monoisotopic (exact) mass is 1160 g/mol. The number of likely N-dealkylation sites (N-methyl/N-ethyl adjacent to an activating group) is 1. The normalized spacial score (nSPS) is 13.6. The van der Waals surface area contributed by atoms with E-state index in [1.54, 1.807) is 0 Å². The number of quaternary nitrogens is 1. The number of hydrogen-bond donors (Lipinski definition) is 1. The van der Waals surface area contributed by atoms with Crippen molar-refractivity contribution in [2.24, 2.45) is 0 Å². The number of ether oxygens (including phenoxy) is 1. The van der Waals surface area contributed by atoms with Gasteiger partial charge in [0.2, 0.25) is 5.91 Å². The van der Waals surface area contributed by atoms with Gasteiger partial charge < -0.3 is 28.5 Å². The molecule has 1 amide bonds. The van der Waals surface area contributed by atoms with E-state index in [2.05, 4.69) is 38.2 Å². The molecule has 0 aliphatic heterocycles. The highest BCUT2D eigenvalue weighted by molar-refractivity contribution is 7.45. The van der Waals surface area contributed by atoms with Crippen molar-refractivity contribution in [2.75, 3.05) is 40.9 Å². The van der Waals surface area contributed by atoms with Crippen molar-refractivity contribution in [3.63, 3.8) is 0 Å². The number of phosphoric ester groups is 1. The van der Waals surface area contributed by atoms with Gasteiger partial charge in [-0.1, -0.05) is 322 Å². The zero-order valence-electron chi connectivity index (χ0n) is 55.0. The summed E-state index contributed by atoms with van der Waals surface area (Å²) in [6, 6.07) is -0.884. The number of carbonyl (C=O) groups excluding carboxylic acids is 2. The smallest absolute Gasteiger partial charge is 0.306 e. The highest BCUT2D eigenvalue weighted by Crippen LogP contribution is 2.38. The third-order valence-electron chi connectivity index (χ3n) is 16.4. The lowest BCUT2D eigenvalue weighted by molar-refractivity contribution is -0.870. The zero-order chi connectivity index (χ0) is 59.3. The van der Waals surface area contributed by atoms with Crippen LogP contribution in [0.4, 0.5) is 0 Å². The standard InChI is InChI=1S/C71H139N2O7P/c1-7-10-13-16-19-22-25-27-29-31-33-34-35-36-37-38-40-42-44-46-49-52-55-58-61-64-71(75)80-69(62-59-56-53-50-47-24-21-18-15-12-9-3)68(67-79-81(76,77)78-66-65-73(4,5)6)72-70(74)63-60-57-54-51-48-45-43-41-39-32-30-28-26-23-20-17-14-11-8-2/h28,30,59,62,68-69H,7-27,29,31-58,60-61,63-67H2,1-6H3,(H-,72,74,76,77)/b30-28+,62-59-. The van der Waals surface area contributed by atoms with Crippen LogP contribution in [-0.4, -0.2) is 69.4 Å². The highest BCUT2D eigenvalue weighted by atomic mass is 31.2. The number of rotatable bonds is 66. The van der Waals surface area contributed by atoms with Crippen LogP contribution in [0.1, 0.15) is 367 Å². The Kier molecular flexibility index (Phi) is 60.4. The molecule has 0 bridgehead atoms. The Bertz CT molecular complexity index is 1430. The molecular formula is C71H139N2O7P. The molecule has 0 fully saturated rings. The van der Waals surface area contributed by atoms with E-state index in [9.17, 15) is 19.0 Å². The molecule has 0 aromatic carbocycles. The maximum absolute atomic E-state index is 13.6. The average molecular weight is 1160 g/mol. The van der Waals surface area contributed by atoms with Crippen LogP contribution < -0.4 is 10.2 Å². The van der Waals surface area contributed by atoms with E-state index in [0.717, 1.165) is 57.8 Å². The fourth-order valence-corrected chi connectivity index (χ4v) is 11.6. The van der Waals surface area contributed by atoms with Gasteiger partial charge >= 0.3 is 5.97 Å². The fourth-order valence-electron chi connectivity index (χ4n) is 10.9. The molecule has 0 aromatic rings. The van der Waals surface area contributed by atoms with Crippen LogP contribution >= 0.6 is 7.82 Å². The Morgan fingerprint density at radius 3 is 1.05 bits per heavy atom. The third kappa shape index (κ3) is 62.8. The SMILES string of the molecule is CCCCCCCC/C=C/CCCCCCCCCCCC(=O)NC(COP(=O)([O-])OCC[N+](C)(C)C)C(/C=C\CCCCCCCCCCC)OC(=O)CCCCCCCCCCCCCCCCCCCCCCCCCCC. The molecule has 0 radical (unpaired) electrons. The molecule has 9 nitrogen and oxygen atoms in total. The molecule has 0 spiro atoms. The summed E-state index contributed by atoms with van der Waals surface area (Å²) >= 11 is 0. The predicted molar refractivity (Wildman–Crippen MR) is 349 cm³/mol. The number of nitrogens with zero attached hydrogens (tertiary/aromatic N) is 1. The van der Waals surface area contributed by atoms with Gasteiger partial charge in [-0.05, 0) is 57.4 Å². The number of carbonyl (C=O) groups is 2. The topological polar surface area (TPSA) is 114 Å². The fraction of sp³-hybridized carbons (Fsp3) is 0.915. The molecule has 0 heterocycles. The first-order valence-electron chi connectivity index (χ1n) is 35.6. The van der Waals surface area contributed by atoms with E-state index < -0.39 is 20.0 Å². The predicted octanol–water partition coefficient (Wildman–Crippen LogP) is 21.8. The lowest BCUT2D eigenvalue weighted by Gasteiger charge is -2.30. The molecule has 81 heavy (non-hydrogen) atoms. The van der Waals surface area contributed by atoms with Crippen molar-refractivity contribution < 1.29 is 37.3 Å². The van der Waals surface area contributed by atoms with E-state index in [-0.39, 0.29) is 31.5 Å². The van der Waals surface area contributed by atoms with Crippen LogP contribution in [-0.2, 0) is 27.9 Å². The van der Waals surface area contributed by atoms with E-state index in [0.29, 0.717) is 17.4 Å². The van der Waals surface area contributed by atoms with Gasteiger partial charge in [-0.25, -0.2) is 0 Å². The number of esters is 1. The summed E-state index contributed by atoms with van der Waals surface area (Å²) in [5.74, 6) is -0.522. The molecule has 0 aromatic heterocycles. The molecule has 0 aliphatic rings. The third-order valence-corrected chi connectivity index (χ3v) is 17.3. The molecule has 3 unspecified atom stereocenters. The number of phosphoric acid groups is 1. The lowest BCUT2D eigenvalue weighted by atomic mass is 10.0. The summed E-state index contributed by atoms with van der Waals surface area (Å²) in [6.45, 7) is 6.90. The lowest BCUT2D eigenvalue weighted by Crippen LogP contribution is -2.47. The second-order valence-electron chi connectivity index (χ2n) is 25.7. The van der Waals surface area contributed by atoms with Crippen molar-refractivity contribution in [3.05, 3.63) is 24.3 Å². The Labute approximate surface area is 504 Å². The largest absolute Gasteiger partial charge is 0.756 e. The highest BCUT2D eigenvalue weighted by Gasteiger charge is 2.27. The number of unbranched alkanes of at least 4 members (excludes halogenated alkanes) is 48. The Morgan fingerprint density at radius 2 is 0.716 bits per heavy atom. The Balaban J connectivity index is 4.97. The number of amides is 1. The number of allylic oxidation sites excluding steroid dienone is 3. The Morgan fingerprint density at radius 1 is 0.420 bits per heavy atom. The van der Waals surface area contributed by atoms with Gasteiger partial charge in [-0.3, -0.25) is 14.2 Å². The molecule has 10 heteroatoms. The first-order valence-corrected chi connectivity index (χ1v) is 37.1. The summed E-state index contributed by atoms with van der Waals surface area (Å²) < 4.78 is 30.4. The van der Waals surface area contributed by atoms with Gasteiger partial charge in [-0.2, -0.15) is 0 Å². The van der Waals surface area contributed by atoms with Crippen LogP contribution in [0.2, 0.25) is 0 Å². The molecule has 0 saturated heterocycles. The van der Waals surface area contributed by atoms with Crippen molar-refractivity contribution in [3.8, 4) is 0 Å². The minimum atomic E-state index is -4.70. The molecule has 1 N–H and O–H groups in total. The van der Waals surface area contributed by atoms with Crippen molar-refractivity contribution in [2.45, 2.75) is 380 Å². The maximum atomic E-state index is 13.6. The number of hydrogen-bond acceptors (Lipinski definition) is 7. The summed E-state index contributed by atoms with van der Waals surface area (Å²) in [7, 11) is 1.20. The van der Waals surface area contributed by atoms with Crippen molar-refractivity contribution in [1.29, 1.82) is 0 Å². The zero-order valence-corrected chi connectivity index (χ0v) is 55.9. The first kappa shape index (κ1) is 79.5. The molecule has 480 valence electrons. The minimum absolute atomic E-state index is 0.0189. The van der Waals surface area contributed by atoms with Crippen LogP contribution in [0.15, 0.2) is 24.3 Å². The summed E-state index contributed by atoms with van der Waals surface area (Å²) in [5, 5.41) is 3.04. The van der Waals surface area contributed by atoms with Gasteiger partial charge in [-0.15, -0.1) is 0 Å². The molecular weight excluding hydrogens is 1020 g/mol. The summed E-state index contributed by atoms with van der Waals surface area (Å²) in [5.41, 5.74) is 0. The average Bonchev–Trinajstić information content (AvgIpc) is 3.43. The van der Waals surface area contributed by atoms with Crippen LogP contribution in [0.3, 0.4) is 0 Å². The van der Waals surface area contributed by atoms with Crippen molar-refractivity contribution >= 4 is 19.7 Å². The van der Waals surface area contributed by atoms with Crippen molar-refractivity contribution in [1.82, 2.24) is 5.32 Å². The maximum Gasteiger partial charge on any atom is 0.306 e. The summed E-state index contributed by atoms with van der Waals surface area (Å²) in [6.07, 6.45) is 74.5. The van der Waals surface area contributed by atoms with E-state index in [1.165, 1.54) is 276 Å². The van der Waals surface area contributed by atoms with Gasteiger partial charge in [0.1, 0.15) is 19.3 Å². The quantitative estimate of drug-likeness (QED) is 0.0212. The first-order chi connectivity index (χ1) is 39.4. The number of nitrogens with one attached hydrogen (secondary N) is 1. The minimum Gasteiger partial charge on any atom is -0.756 e. The Hall–Kier alpha value is -1.51. The second-order valence-corrected chi connectivity index (χ2v) is 27.2. The second kappa shape index (κ2) is 61.6. The van der Waals surface area contributed by atoms with Gasteiger partial charge in [0.25, 0.3) is 7.82 Å². The molecule has 0 rings (SSSR count). The van der Waals surface area contributed by atoms with E-state index in [4.69, 9.17) is 13.8 Å². The summed E-state index contributed by atoms with van der Waals surface area (Å²) in [4.78, 5) is 40.1. The van der Waals surface area contributed by atoms with E-state index >= 15 is 0 Å².